The molecule has 3 N–H and O–H groups in total. The van der Waals surface area contributed by atoms with Crippen LogP contribution in [-0.4, -0.2) is 58.1 Å². The van der Waals surface area contributed by atoms with E-state index in [1.807, 2.05) is 0 Å². The molecule has 102 valence electrons. The molecule has 0 bridgehead atoms. The number of anilines is 2. The largest absolute Gasteiger partial charge is 0.368 e. The Bertz CT molecular complexity index is 568. The molecule has 0 saturated carbocycles. The minimum Gasteiger partial charge on any atom is -0.368 e. The molecule has 2 aromatic rings. The lowest BCUT2D eigenvalue weighted by atomic mass is 10.0. The standard InChI is InChI=1S/C12H19N7/c1-18(2)8-3-5-19(6-4-8)11-9-10(15-7-14-9)16-12(13)17-11/h7-8H,3-6H2,1-2H3,(H3,13,14,15,16,17). The van der Waals surface area contributed by atoms with Crippen LogP contribution in [0.3, 0.4) is 0 Å². The van der Waals surface area contributed by atoms with Gasteiger partial charge in [-0.15, -0.1) is 0 Å². The van der Waals surface area contributed by atoms with Gasteiger partial charge in [-0.2, -0.15) is 9.97 Å². The molecular weight excluding hydrogens is 242 g/mol. The lowest BCUT2D eigenvalue weighted by molar-refractivity contribution is 0.249. The van der Waals surface area contributed by atoms with Crippen molar-refractivity contribution in [2.75, 3.05) is 37.8 Å². The first-order valence-electron chi connectivity index (χ1n) is 6.53. The summed E-state index contributed by atoms with van der Waals surface area (Å²) in [7, 11) is 4.27. The lowest BCUT2D eigenvalue weighted by Crippen LogP contribution is -2.42. The van der Waals surface area contributed by atoms with Crippen LogP contribution < -0.4 is 10.6 Å². The van der Waals surface area contributed by atoms with Crippen molar-refractivity contribution in [3.8, 4) is 0 Å². The predicted molar refractivity (Wildman–Crippen MR) is 75.0 cm³/mol. The first-order chi connectivity index (χ1) is 9.15. The highest BCUT2D eigenvalue weighted by Gasteiger charge is 2.23. The zero-order valence-electron chi connectivity index (χ0n) is 11.3. The first-order valence-corrected chi connectivity index (χ1v) is 6.53. The number of fused-ring (bicyclic) bond motifs is 1. The Labute approximate surface area is 111 Å². The molecule has 2 aromatic heterocycles. The van der Waals surface area contributed by atoms with Gasteiger partial charge >= 0.3 is 0 Å². The minimum atomic E-state index is 0.282. The molecule has 1 fully saturated rings. The average Bonchev–Trinajstić information content (AvgIpc) is 2.85. The predicted octanol–water partition coefficient (Wildman–Crippen LogP) is 0.465. The molecule has 1 aliphatic rings. The van der Waals surface area contributed by atoms with E-state index in [2.05, 4.69) is 43.8 Å². The van der Waals surface area contributed by atoms with Crippen molar-refractivity contribution in [3.63, 3.8) is 0 Å². The third-order valence-electron chi connectivity index (χ3n) is 3.78. The maximum absolute atomic E-state index is 5.76. The van der Waals surface area contributed by atoms with Crippen molar-refractivity contribution < 1.29 is 0 Å². The molecule has 7 heteroatoms. The van der Waals surface area contributed by atoms with Crippen LogP contribution in [0.15, 0.2) is 6.33 Å². The van der Waals surface area contributed by atoms with Crippen molar-refractivity contribution in [1.82, 2.24) is 24.8 Å². The van der Waals surface area contributed by atoms with Crippen molar-refractivity contribution in [3.05, 3.63) is 6.33 Å². The van der Waals surface area contributed by atoms with E-state index in [-0.39, 0.29) is 5.95 Å². The Morgan fingerprint density at radius 2 is 2.05 bits per heavy atom. The van der Waals surface area contributed by atoms with Gasteiger partial charge in [0, 0.05) is 19.1 Å². The van der Waals surface area contributed by atoms with Crippen molar-refractivity contribution in [2.24, 2.45) is 0 Å². The van der Waals surface area contributed by atoms with E-state index < -0.39 is 0 Å². The fourth-order valence-corrected chi connectivity index (χ4v) is 2.66. The van der Waals surface area contributed by atoms with Crippen molar-refractivity contribution in [1.29, 1.82) is 0 Å². The van der Waals surface area contributed by atoms with Crippen LogP contribution in [-0.2, 0) is 0 Å². The smallest absolute Gasteiger partial charge is 0.224 e. The van der Waals surface area contributed by atoms with Gasteiger partial charge in [0.25, 0.3) is 0 Å². The third-order valence-corrected chi connectivity index (χ3v) is 3.78. The van der Waals surface area contributed by atoms with E-state index in [0.29, 0.717) is 11.7 Å². The van der Waals surface area contributed by atoms with Gasteiger partial charge in [-0.3, -0.25) is 0 Å². The van der Waals surface area contributed by atoms with Gasteiger partial charge in [0.05, 0.1) is 6.33 Å². The quantitative estimate of drug-likeness (QED) is 0.817. The number of hydrogen-bond donors (Lipinski definition) is 2. The van der Waals surface area contributed by atoms with Crippen LogP contribution in [0.5, 0.6) is 0 Å². The van der Waals surface area contributed by atoms with Crippen LogP contribution in [0.2, 0.25) is 0 Å². The van der Waals surface area contributed by atoms with E-state index in [9.17, 15) is 0 Å². The molecule has 3 heterocycles. The van der Waals surface area contributed by atoms with E-state index in [1.54, 1.807) is 6.33 Å². The molecule has 3 rings (SSSR count). The molecule has 0 aromatic carbocycles. The highest BCUT2D eigenvalue weighted by molar-refractivity contribution is 5.84. The molecule has 1 aliphatic heterocycles. The average molecular weight is 261 g/mol. The minimum absolute atomic E-state index is 0.282. The second kappa shape index (κ2) is 4.65. The Hall–Kier alpha value is -1.89. The number of aromatic nitrogens is 4. The zero-order valence-corrected chi connectivity index (χ0v) is 11.3. The fourth-order valence-electron chi connectivity index (χ4n) is 2.66. The van der Waals surface area contributed by atoms with Gasteiger partial charge in [0.1, 0.15) is 5.52 Å². The second-order valence-corrected chi connectivity index (χ2v) is 5.19. The van der Waals surface area contributed by atoms with E-state index >= 15 is 0 Å². The van der Waals surface area contributed by atoms with Gasteiger partial charge in [-0.1, -0.05) is 0 Å². The molecule has 0 spiro atoms. The number of aromatic amines is 1. The summed E-state index contributed by atoms with van der Waals surface area (Å²) in [5.74, 6) is 1.15. The van der Waals surface area contributed by atoms with Crippen molar-refractivity contribution >= 4 is 22.9 Å². The second-order valence-electron chi connectivity index (χ2n) is 5.19. The highest BCUT2D eigenvalue weighted by Crippen LogP contribution is 2.25. The number of nitrogens with two attached hydrogens (primary N) is 1. The molecule has 0 unspecified atom stereocenters. The molecule has 1 saturated heterocycles. The molecular formula is C12H19N7. The number of piperidine rings is 1. The maximum Gasteiger partial charge on any atom is 0.224 e. The number of nitrogens with one attached hydrogen (secondary N) is 1. The zero-order chi connectivity index (χ0) is 13.4. The molecule has 0 radical (unpaired) electrons. The fraction of sp³-hybridized carbons (Fsp3) is 0.583. The summed E-state index contributed by atoms with van der Waals surface area (Å²) in [5.41, 5.74) is 7.26. The summed E-state index contributed by atoms with van der Waals surface area (Å²) >= 11 is 0. The van der Waals surface area contributed by atoms with Crippen molar-refractivity contribution in [2.45, 2.75) is 18.9 Å². The SMILES string of the molecule is CN(C)C1CCN(c2nc(N)nc3nc[nH]c23)CC1. The van der Waals surface area contributed by atoms with E-state index in [4.69, 9.17) is 5.73 Å². The maximum atomic E-state index is 5.76. The van der Waals surface area contributed by atoms with Gasteiger partial charge < -0.3 is 20.5 Å². The molecule has 19 heavy (non-hydrogen) atoms. The van der Waals surface area contributed by atoms with Crippen LogP contribution in [0.25, 0.3) is 11.2 Å². The summed E-state index contributed by atoms with van der Waals surface area (Å²) in [5, 5.41) is 0. The number of imidazole rings is 1. The lowest BCUT2D eigenvalue weighted by Gasteiger charge is -2.35. The third kappa shape index (κ3) is 2.21. The summed E-state index contributed by atoms with van der Waals surface area (Å²) in [6.07, 6.45) is 3.90. The number of nitrogen functional groups attached to an aromatic ring is 1. The van der Waals surface area contributed by atoms with E-state index in [0.717, 1.165) is 37.3 Å². The van der Waals surface area contributed by atoms with Gasteiger partial charge in [-0.25, -0.2) is 4.98 Å². The first kappa shape index (κ1) is 12.2. The normalized spacial score (nSPS) is 17.5. The molecule has 0 amide bonds. The van der Waals surface area contributed by atoms with Gasteiger partial charge in [0.15, 0.2) is 11.5 Å². The van der Waals surface area contributed by atoms with Gasteiger partial charge in [0.2, 0.25) is 5.95 Å². The summed E-state index contributed by atoms with van der Waals surface area (Å²) < 4.78 is 0. The van der Waals surface area contributed by atoms with Crippen LogP contribution in [0.4, 0.5) is 11.8 Å². The topological polar surface area (TPSA) is 87.0 Å². The Morgan fingerprint density at radius 1 is 1.32 bits per heavy atom. The van der Waals surface area contributed by atoms with Crippen LogP contribution in [0, 0.1) is 0 Å². The monoisotopic (exact) mass is 261 g/mol. The van der Waals surface area contributed by atoms with E-state index in [1.165, 1.54) is 0 Å². The van der Waals surface area contributed by atoms with Crippen LogP contribution >= 0.6 is 0 Å². The number of nitrogens with zero attached hydrogens (tertiary/aromatic N) is 5. The van der Waals surface area contributed by atoms with Crippen LogP contribution in [0.1, 0.15) is 12.8 Å². The highest BCUT2D eigenvalue weighted by atomic mass is 15.2. The molecule has 7 nitrogen and oxygen atoms in total. The summed E-state index contributed by atoms with van der Waals surface area (Å²) in [4.78, 5) is 20.3. The Balaban J connectivity index is 1.87. The Kier molecular flexibility index (Phi) is 2.98. The Morgan fingerprint density at radius 3 is 2.74 bits per heavy atom. The summed E-state index contributed by atoms with van der Waals surface area (Å²) in [6.45, 7) is 1.96. The summed E-state index contributed by atoms with van der Waals surface area (Å²) in [6, 6.07) is 0.646. The number of hydrogen-bond acceptors (Lipinski definition) is 6. The molecule has 0 atom stereocenters. The number of rotatable bonds is 2. The number of H-pyrrole nitrogens is 1. The van der Waals surface area contributed by atoms with Gasteiger partial charge in [-0.05, 0) is 26.9 Å². The molecule has 0 aliphatic carbocycles.